The molecule has 2 amide bonds. The average Bonchev–Trinajstić information content (AvgIpc) is 2.77. The summed E-state index contributed by atoms with van der Waals surface area (Å²) in [7, 11) is -3.18. The van der Waals surface area contributed by atoms with E-state index in [1.807, 2.05) is 0 Å². The van der Waals surface area contributed by atoms with Crippen LogP contribution in [0.4, 0.5) is 4.79 Å². The van der Waals surface area contributed by atoms with E-state index in [0.29, 0.717) is 26.1 Å². The summed E-state index contributed by atoms with van der Waals surface area (Å²) in [6.45, 7) is 0.624. The molecule has 2 rings (SSSR count). The number of hydrogen-bond donors (Lipinski definition) is 2. The monoisotopic (exact) mass is 320 g/mol. The third kappa shape index (κ3) is 4.57. The van der Waals surface area contributed by atoms with Gasteiger partial charge in [0.25, 0.3) is 0 Å². The molecular weight excluding hydrogens is 300 g/mol. The first-order valence-corrected chi connectivity index (χ1v) is 8.76. The van der Waals surface area contributed by atoms with Crippen molar-refractivity contribution in [1.29, 1.82) is 0 Å². The Morgan fingerprint density at radius 3 is 2.43 bits per heavy atom. The topological polar surface area (TPSA) is 113 Å². The van der Waals surface area contributed by atoms with Gasteiger partial charge in [0, 0.05) is 25.3 Å². The maximum atomic E-state index is 12.3. The lowest BCUT2D eigenvalue weighted by molar-refractivity contribution is -0.138. The molecule has 0 radical (unpaired) electrons. The van der Waals surface area contributed by atoms with Crippen LogP contribution in [0.5, 0.6) is 0 Å². The molecule has 8 nitrogen and oxygen atoms in total. The van der Waals surface area contributed by atoms with Crippen LogP contribution in [-0.4, -0.2) is 73.8 Å². The van der Waals surface area contributed by atoms with Gasteiger partial charge < -0.3 is 20.1 Å². The van der Waals surface area contributed by atoms with Crippen LogP contribution >= 0.6 is 0 Å². The SMILES string of the molecule is O=C(O)CN(C(=O)NC1CCOCC1)C1CCS(=O)(=O)C1. The molecule has 2 aliphatic heterocycles. The molecule has 2 fully saturated rings. The maximum Gasteiger partial charge on any atom is 0.323 e. The van der Waals surface area contributed by atoms with Gasteiger partial charge in [0.1, 0.15) is 6.54 Å². The Morgan fingerprint density at radius 2 is 1.90 bits per heavy atom. The van der Waals surface area contributed by atoms with Gasteiger partial charge >= 0.3 is 12.0 Å². The number of urea groups is 1. The first kappa shape index (κ1) is 16.0. The van der Waals surface area contributed by atoms with Crippen molar-refractivity contribution in [2.45, 2.75) is 31.3 Å². The molecule has 2 heterocycles. The van der Waals surface area contributed by atoms with Gasteiger partial charge in [-0.1, -0.05) is 0 Å². The zero-order valence-corrected chi connectivity index (χ0v) is 12.5. The van der Waals surface area contributed by atoms with Crippen molar-refractivity contribution in [2.75, 3.05) is 31.3 Å². The van der Waals surface area contributed by atoms with E-state index in [2.05, 4.69) is 5.32 Å². The lowest BCUT2D eigenvalue weighted by Gasteiger charge is -2.30. The van der Waals surface area contributed by atoms with Crippen molar-refractivity contribution in [3.8, 4) is 0 Å². The average molecular weight is 320 g/mol. The fraction of sp³-hybridized carbons (Fsp3) is 0.833. The lowest BCUT2D eigenvalue weighted by Crippen LogP contribution is -2.52. The summed E-state index contributed by atoms with van der Waals surface area (Å²) in [5.41, 5.74) is 0. The first-order valence-electron chi connectivity index (χ1n) is 6.94. The number of sulfone groups is 1. The molecule has 2 aliphatic rings. The van der Waals surface area contributed by atoms with E-state index < -0.39 is 34.4 Å². The highest BCUT2D eigenvalue weighted by molar-refractivity contribution is 7.91. The highest BCUT2D eigenvalue weighted by atomic mass is 32.2. The molecule has 21 heavy (non-hydrogen) atoms. The zero-order chi connectivity index (χ0) is 15.5. The van der Waals surface area contributed by atoms with E-state index in [1.54, 1.807) is 0 Å². The number of carboxylic acids is 1. The zero-order valence-electron chi connectivity index (χ0n) is 11.7. The summed E-state index contributed by atoms with van der Waals surface area (Å²) in [4.78, 5) is 24.3. The minimum absolute atomic E-state index is 0.00165. The number of ether oxygens (including phenoxy) is 1. The molecule has 1 atom stereocenters. The van der Waals surface area contributed by atoms with E-state index in [4.69, 9.17) is 9.84 Å². The molecule has 1 unspecified atom stereocenters. The molecule has 120 valence electrons. The Balaban J connectivity index is 2.01. The van der Waals surface area contributed by atoms with Crippen molar-refractivity contribution >= 4 is 21.8 Å². The number of carboxylic acid groups (broad SMARTS) is 1. The van der Waals surface area contributed by atoms with Crippen LogP contribution in [-0.2, 0) is 19.4 Å². The molecule has 9 heteroatoms. The Bertz CT molecular complexity index is 500. The second-order valence-electron chi connectivity index (χ2n) is 5.41. The standard InChI is InChI=1S/C12H20N2O6S/c15-11(16)7-14(10-3-6-21(18,19)8-10)12(17)13-9-1-4-20-5-2-9/h9-10H,1-8H2,(H,13,17)(H,15,16). The fourth-order valence-electron chi connectivity index (χ4n) is 2.63. The summed E-state index contributed by atoms with van der Waals surface area (Å²) in [5.74, 6) is -1.32. The molecule has 0 spiro atoms. The minimum atomic E-state index is -3.18. The van der Waals surface area contributed by atoms with Crippen LogP contribution in [0.3, 0.4) is 0 Å². The molecule has 0 bridgehead atoms. The van der Waals surface area contributed by atoms with Crippen LogP contribution in [0, 0.1) is 0 Å². The van der Waals surface area contributed by atoms with Gasteiger partial charge in [0.2, 0.25) is 0 Å². The molecular formula is C12H20N2O6S. The number of nitrogens with zero attached hydrogens (tertiary/aromatic N) is 1. The van der Waals surface area contributed by atoms with Gasteiger partial charge in [-0.15, -0.1) is 0 Å². The Kier molecular flexibility index (Phi) is 5.04. The summed E-state index contributed by atoms with van der Waals surface area (Å²) in [5, 5.41) is 11.7. The second-order valence-corrected chi connectivity index (χ2v) is 7.64. The quantitative estimate of drug-likeness (QED) is 0.718. The number of carbonyl (C=O) groups excluding carboxylic acids is 1. The van der Waals surface area contributed by atoms with Gasteiger partial charge in [-0.3, -0.25) is 4.79 Å². The normalized spacial score (nSPS) is 25.4. The predicted molar refractivity (Wildman–Crippen MR) is 73.8 cm³/mol. The molecule has 0 aromatic carbocycles. The molecule has 0 aromatic heterocycles. The molecule has 2 N–H and O–H groups in total. The predicted octanol–water partition coefficient (Wildman–Crippen LogP) is -0.551. The van der Waals surface area contributed by atoms with Crippen molar-refractivity contribution in [3.63, 3.8) is 0 Å². The third-order valence-corrected chi connectivity index (χ3v) is 5.51. The van der Waals surface area contributed by atoms with Crippen molar-refractivity contribution in [3.05, 3.63) is 0 Å². The highest BCUT2D eigenvalue weighted by Crippen LogP contribution is 2.18. The molecule has 0 saturated carbocycles. The molecule has 0 aliphatic carbocycles. The number of amides is 2. The van der Waals surface area contributed by atoms with E-state index in [9.17, 15) is 18.0 Å². The third-order valence-electron chi connectivity index (χ3n) is 3.76. The van der Waals surface area contributed by atoms with Gasteiger partial charge in [0.05, 0.1) is 11.5 Å². The highest BCUT2D eigenvalue weighted by Gasteiger charge is 2.36. The van der Waals surface area contributed by atoms with Gasteiger partial charge in [-0.05, 0) is 19.3 Å². The van der Waals surface area contributed by atoms with Crippen LogP contribution in [0.1, 0.15) is 19.3 Å². The van der Waals surface area contributed by atoms with Crippen LogP contribution in [0.2, 0.25) is 0 Å². The number of nitrogens with one attached hydrogen (secondary N) is 1. The number of rotatable bonds is 4. The largest absolute Gasteiger partial charge is 0.480 e. The van der Waals surface area contributed by atoms with Crippen LogP contribution in [0.15, 0.2) is 0 Å². The van der Waals surface area contributed by atoms with Crippen LogP contribution < -0.4 is 5.32 Å². The molecule has 0 aromatic rings. The number of aliphatic carboxylic acids is 1. The Hall–Kier alpha value is -1.35. The van der Waals surface area contributed by atoms with E-state index in [1.165, 1.54) is 0 Å². The van der Waals surface area contributed by atoms with Gasteiger partial charge in [-0.2, -0.15) is 0 Å². The number of carbonyl (C=O) groups is 2. The van der Waals surface area contributed by atoms with Crippen LogP contribution in [0.25, 0.3) is 0 Å². The summed E-state index contributed by atoms with van der Waals surface area (Å²) in [6, 6.07) is -1.13. The second kappa shape index (κ2) is 6.61. The van der Waals surface area contributed by atoms with Crippen molar-refractivity contribution in [2.24, 2.45) is 0 Å². The smallest absolute Gasteiger partial charge is 0.323 e. The number of hydrogen-bond acceptors (Lipinski definition) is 5. The van der Waals surface area contributed by atoms with Gasteiger partial charge in [-0.25, -0.2) is 13.2 Å². The van der Waals surface area contributed by atoms with Crippen molar-refractivity contribution in [1.82, 2.24) is 10.2 Å². The van der Waals surface area contributed by atoms with E-state index >= 15 is 0 Å². The Morgan fingerprint density at radius 1 is 1.24 bits per heavy atom. The summed E-state index contributed by atoms with van der Waals surface area (Å²) < 4.78 is 28.2. The maximum absolute atomic E-state index is 12.3. The van der Waals surface area contributed by atoms with E-state index in [0.717, 1.165) is 4.90 Å². The van der Waals surface area contributed by atoms with Gasteiger partial charge in [0.15, 0.2) is 9.84 Å². The summed E-state index contributed by atoms with van der Waals surface area (Å²) >= 11 is 0. The van der Waals surface area contributed by atoms with E-state index in [-0.39, 0.29) is 24.0 Å². The first-order chi connectivity index (χ1) is 9.87. The summed E-state index contributed by atoms with van der Waals surface area (Å²) in [6.07, 6.45) is 1.64. The minimum Gasteiger partial charge on any atom is -0.480 e. The Labute approximate surface area is 123 Å². The lowest BCUT2D eigenvalue weighted by atomic mass is 10.1. The fourth-order valence-corrected chi connectivity index (χ4v) is 4.36. The van der Waals surface area contributed by atoms with Crippen molar-refractivity contribution < 1.29 is 27.9 Å². The molecule has 2 saturated heterocycles.